The van der Waals surface area contributed by atoms with Crippen LogP contribution in [0.2, 0.25) is 0 Å². The molecule has 0 saturated carbocycles. The van der Waals surface area contributed by atoms with Gasteiger partial charge < -0.3 is 4.57 Å². The van der Waals surface area contributed by atoms with E-state index in [2.05, 4.69) is 0 Å². The predicted molar refractivity (Wildman–Crippen MR) is 68.6 cm³/mol. The molecule has 5 heteroatoms. The van der Waals surface area contributed by atoms with Gasteiger partial charge >= 0.3 is 0 Å². The van der Waals surface area contributed by atoms with E-state index in [0.717, 1.165) is 10.9 Å². The molecule has 2 aromatic rings. The number of nitro groups is 1. The fraction of sp³-hybridized carbons (Fsp3) is 0.308. The number of nitrogens with zero attached hydrogens (tertiary/aromatic N) is 2. The van der Waals surface area contributed by atoms with Crippen molar-refractivity contribution < 1.29 is 9.72 Å². The first-order valence-corrected chi connectivity index (χ1v) is 5.82. The van der Waals surface area contributed by atoms with Gasteiger partial charge in [-0.3, -0.25) is 14.9 Å². The normalized spacial score (nSPS) is 12.6. The molecule has 0 aliphatic rings. The van der Waals surface area contributed by atoms with E-state index in [1.54, 1.807) is 18.3 Å². The second-order valence-corrected chi connectivity index (χ2v) is 4.22. The van der Waals surface area contributed by atoms with Gasteiger partial charge in [0, 0.05) is 35.7 Å². The van der Waals surface area contributed by atoms with Crippen molar-refractivity contribution in [2.24, 2.45) is 0 Å². The Bertz CT molecular complexity index is 616. The molecule has 5 nitrogen and oxygen atoms in total. The molecular weight excluding hydrogens is 232 g/mol. The molecule has 0 spiro atoms. The van der Waals surface area contributed by atoms with Gasteiger partial charge in [-0.25, -0.2) is 0 Å². The maximum Gasteiger partial charge on any atom is 0.270 e. The molecule has 0 bridgehead atoms. The third-order valence-electron chi connectivity index (χ3n) is 3.15. The molecule has 1 heterocycles. The third-order valence-corrected chi connectivity index (χ3v) is 3.15. The van der Waals surface area contributed by atoms with Crippen LogP contribution in [0.5, 0.6) is 0 Å². The van der Waals surface area contributed by atoms with Gasteiger partial charge in [-0.2, -0.15) is 0 Å². The van der Waals surface area contributed by atoms with E-state index >= 15 is 0 Å². The summed E-state index contributed by atoms with van der Waals surface area (Å²) in [5.41, 5.74) is 0.907. The summed E-state index contributed by atoms with van der Waals surface area (Å²) in [6, 6.07) is 6.22. The van der Waals surface area contributed by atoms with Crippen molar-refractivity contribution in [3.8, 4) is 0 Å². The van der Waals surface area contributed by atoms with E-state index in [1.807, 2.05) is 18.4 Å². The molecule has 0 aliphatic heterocycles. The lowest BCUT2D eigenvalue weighted by Crippen LogP contribution is -2.14. The van der Waals surface area contributed by atoms with Crippen molar-refractivity contribution in [2.75, 3.05) is 0 Å². The van der Waals surface area contributed by atoms with E-state index in [-0.39, 0.29) is 17.5 Å². The predicted octanol–water partition coefficient (Wildman–Crippen LogP) is 3.09. The van der Waals surface area contributed by atoms with Crippen molar-refractivity contribution in [2.45, 2.75) is 26.3 Å². The summed E-state index contributed by atoms with van der Waals surface area (Å²) in [5, 5.41) is 11.5. The Morgan fingerprint density at radius 1 is 1.44 bits per heavy atom. The minimum absolute atomic E-state index is 0.0646. The fourth-order valence-corrected chi connectivity index (χ4v) is 2.05. The van der Waals surface area contributed by atoms with Crippen molar-refractivity contribution in [1.82, 2.24) is 4.57 Å². The minimum atomic E-state index is -0.419. The molecule has 0 radical (unpaired) electrons. The first-order chi connectivity index (χ1) is 8.54. The number of ketones is 1. The van der Waals surface area contributed by atoms with Gasteiger partial charge in [0.15, 0.2) is 5.78 Å². The number of Topliss-reactive ketones (excluding diaryl/α,β-unsaturated/α-hetero) is 1. The summed E-state index contributed by atoms with van der Waals surface area (Å²) >= 11 is 0. The van der Waals surface area contributed by atoms with Crippen LogP contribution in [0, 0.1) is 10.1 Å². The Morgan fingerprint density at radius 3 is 2.78 bits per heavy atom. The van der Waals surface area contributed by atoms with Crippen LogP contribution in [0.25, 0.3) is 10.9 Å². The van der Waals surface area contributed by atoms with Gasteiger partial charge in [0.2, 0.25) is 0 Å². The van der Waals surface area contributed by atoms with Gasteiger partial charge in [-0.05, 0) is 19.1 Å². The third kappa shape index (κ3) is 1.99. The van der Waals surface area contributed by atoms with Crippen molar-refractivity contribution >= 4 is 22.4 Å². The van der Waals surface area contributed by atoms with E-state index in [1.165, 1.54) is 12.1 Å². The zero-order chi connectivity index (χ0) is 13.3. The summed E-state index contributed by atoms with van der Waals surface area (Å²) in [6.07, 6.45) is 2.28. The Morgan fingerprint density at radius 2 is 2.17 bits per heavy atom. The van der Waals surface area contributed by atoms with Gasteiger partial charge in [-0.1, -0.05) is 6.92 Å². The summed E-state index contributed by atoms with van der Waals surface area (Å²) in [6.45, 7) is 3.67. The highest BCUT2D eigenvalue weighted by atomic mass is 16.6. The maximum atomic E-state index is 11.7. The first-order valence-electron chi connectivity index (χ1n) is 5.82. The second-order valence-electron chi connectivity index (χ2n) is 4.22. The second kappa shape index (κ2) is 4.60. The average Bonchev–Trinajstić information content (AvgIpc) is 2.79. The number of carbonyl (C=O) groups is 1. The SMILES string of the molecule is CCC(=O)C(C)n1ccc2cc([N+](=O)[O-])ccc21. The fourth-order valence-electron chi connectivity index (χ4n) is 2.05. The Balaban J connectivity index is 2.49. The standard InChI is InChI=1S/C13H14N2O3/c1-3-13(16)9(2)14-7-6-10-8-11(15(17)18)4-5-12(10)14/h4-9H,3H2,1-2H3. The molecule has 94 valence electrons. The zero-order valence-electron chi connectivity index (χ0n) is 10.3. The number of hydrogen-bond acceptors (Lipinski definition) is 3. The molecule has 0 amide bonds. The van der Waals surface area contributed by atoms with E-state index in [4.69, 9.17) is 0 Å². The quantitative estimate of drug-likeness (QED) is 0.615. The molecule has 1 aromatic carbocycles. The summed E-state index contributed by atoms with van der Waals surface area (Å²) in [5.74, 6) is 0.144. The lowest BCUT2D eigenvalue weighted by atomic mass is 10.1. The van der Waals surface area contributed by atoms with Crippen LogP contribution in [0.3, 0.4) is 0 Å². The lowest BCUT2D eigenvalue weighted by Gasteiger charge is -2.12. The number of fused-ring (bicyclic) bond motifs is 1. The van der Waals surface area contributed by atoms with Crippen LogP contribution in [-0.4, -0.2) is 15.3 Å². The summed E-state index contributed by atoms with van der Waals surface area (Å²) in [7, 11) is 0. The molecular formula is C13H14N2O3. The summed E-state index contributed by atoms with van der Waals surface area (Å²) < 4.78 is 1.85. The number of hydrogen-bond donors (Lipinski definition) is 0. The Kier molecular flexibility index (Phi) is 3.14. The van der Waals surface area contributed by atoms with Crippen LogP contribution >= 0.6 is 0 Å². The molecule has 1 atom stereocenters. The first kappa shape index (κ1) is 12.3. The highest BCUT2D eigenvalue weighted by molar-refractivity contribution is 5.87. The number of carbonyl (C=O) groups excluding carboxylic acids is 1. The highest BCUT2D eigenvalue weighted by Crippen LogP contribution is 2.25. The lowest BCUT2D eigenvalue weighted by molar-refractivity contribution is -0.384. The van der Waals surface area contributed by atoms with Gasteiger partial charge in [0.25, 0.3) is 5.69 Å². The Labute approximate surface area is 104 Å². The molecule has 1 aromatic heterocycles. The molecule has 0 saturated heterocycles. The van der Waals surface area contributed by atoms with E-state index in [9.17, 15) is 14.9 Å². The molecule has 0 fully saturated rings. The molecule has 2 rings (SSSR count). The number of nitro benzene ring substituents is 1. The van der Waals surface area contributed by atoms with Gasteiger partial charge in [-0.15, -0.1) is 0 Å². The van der Waals surface area contributed by atoms with Crippen LogP contribution < -0.4 is 0 Å². The summed E-state index contributed by atoms with van der Waals surface area (Å²) in [4.78, 5) is 22.0. The van der Waals surface area contributed by atoms with Gasteiger partial charge in [0.1, 0.15) is 0 Å². The number of benzene rings is 1. The van der Waals surface area contributed by atoms with Crippen LogP contribution in [0.4, 0.5) is 5.69 Å². The number of rotatable bonds is 4. The molecule has 0 N–H and O–H groups in total. The van der Waals surface area contributed by atoms with Crippen LogP contribution in [0.15, 0.2) is 30.5 Å². The van der Waals surface area contributed by atoms with Crippen molar-refractivity contribution in [3.05, 3.63) is 40.6 Å². The average molecular weight is 246 g/mol. The Hall–Kier alpha value is -2.17. The maximum absolute atomic E-state index is 11.7. The largest absolute Gasteiger partial charge is 0.337 e. The van der Waals surface area contributed by atoms with E-state index < -0.39 is 4.92 Å². The van der Waals surface area contributed by atoms with Gasteiger partial charge in [0.05, 0.1) is 11.0 Å². The van der Waals surface area contributed by atoms with Crippen molar-refractivity contribution in [3.63, 3.8) is 0 Å². The number of non-ortho nitro benzene ring substituents is 1. The zero-order valence-corrected chi connectivity index (χ0v) is 10.3. The number of aromatic nitrogens is 1. The van der Waals surface area contributed by atoms with Crippen molar-refractivity contribution in [1.29, 1.82) is 0 Å². The molecule has 1 unspecified atom stereocenters. The monoisotopic (exact) mass is 246 g/mol. The minimum Gasteiger partial charge on any atom is -0.337 e. The van der Waals surface area contributed by atoms with Crippen LogP contribution in [0.1, 0.15) is 26.3 Å². The highest BCUT2D eigenvalue weighted by Gasteiger charge is 2.16. The topological polar surface area (TPSA) is 65.1 Å². The van der Waals surface area contributed by atoms with Crippen LogP contribution in [-0.2, 0) is 4.79 Å². The van der Waals surface area contributed by atoms with E-state index in [0.29, 0.717) is 6.42 Å². The smallest absolute Gasteiger partial charge is 0.270 e. The molecule has 18 heavy (non-hydrogen) atoms. The molecule has 0 aliphatic carbocycles.